The van der Waals surface area contributed by atoms with Crippen LogP contribution in [0.1, 0.15) is 60.7 Å². The molecule has 0 bridgehead atoms. The van der Waals surface area contributed by atoms with E-state index in [1.807, 2.05) is 18.4 Å². The van der Waals surface area contributed by atoms with Crippen LogP contribution in [0.25, 0.3) is 11.2 Å². The molecule has 1 amide bonds. The lowest BCUT2D eigenvalue weighted by atomic mass is 10.2. The highest BCUT2D eigenvalue weighted by atomic mass is 32.1. The van der Waals surface area contributed by atoms with Gasteiger partial charge in [-0.15, -0.1) is 11.3 Å². The molecule has 1 N–H and O–H groups in total. The van der Waals surface area contributed by atoms with Crippen LogP contribution in [-0.2, 0) is 24.2 Å². The number of nitrogens with one attached hydrogen (secondary N) is 1. The number of rotatable bonds is 4. The van der Waals surface area contributed by atoms with Crippen molar-refractivity contribution in [3.63, 3.8) is 0 Å². The Hall–Kier alpha value is -2.36. The van der Waals surface area contributed by atoms with Crippen molar-refractivity contribution in [1.29, 1.82) is 0 Å². The van der Waals surface area contributed by atoms with Gasteiger partial charge < -0.3 is 9.30 Å². The summed E-state index contributed by atoms with van der Waals surface area (Å²) >= 11 is 1.46. The van der Waals surface area contributed by atoms with Crippen molar-refractivity contribution >= 4 is 33.5 Å². The van der Waals surface area contributed by atoms with Crippen LogP contribution >= 0.6 is 11.3 Å². The first-order valence-corrected chi connectivity index (χ1v) is 12.3. The summed E-state index contributed by atoms with van der Waals surface area (Å²) in [6.07, 6.45) is 4.84. The van der Waals surface area contributed by atoms with Gasteiger partial charge in [-0.05, 0) is 39.7 Å². The zero-order valence-electron chi connectivity index (χ0n) is 18.9. The second-order valence-corrected chi connectivity index (χ2v) is 9.88. The molecule has 0 aliphatic carbocycles. The first-order valence-electron chi connectivity index (χ1n) is 11.5. The lowest BCUT2D eigenvalue weighted by molar-refractivity contribution is -0.0707. The second-order valence-electron chi connectivity index (χ2n) is 9.02. The molecule has 8 nitrogen and oxygen atoms in total. The van der Waals surface area contributed by atoms with Gasteiger partial charge in [0.2, 0.25) is 0 Å². The minimum absolute atomic E-state index is 0.178. The molecule has 3 aromatic heterocycles. The van der Waals surface area contributed by atoms with Crippen LogP contribution in [0, 0.1) is 6.92 Å². The van der Waals surface area contributed by atoms with E-state index in [1.165, 1.54) is 17.8 Å². The maximum Gasteiger partial charge on any atom is 0.259 e. The minimum Gasteiger partial charge on any atom is -0.373 e. The molecular formula is C23H30N6O2S. The number of fused-ring (bicyclic) bond motifs is 3. The molecule has 0 radical (unpaired) electrons. The lowest BCUT2D eigenvalue weighted by Gasteiger charge is -2.34. The fourth-order valence-electron chi connectivity index (χ4n) is 4.83. The molecule has 1 saturated heterocycles. The zero-order valence-corrected chi connectivity index (χ0v) is 19.7. The van der Waals surface area contributed by atoms with E-state index >= 15 is 0 Å². The third kappa shape index (κ3) is 4.42. The Balaban J connectivity index is 1.34. The number of pyridine rings is 1. The molecule has 9 heteroatoms. The largest absolute Gasteiger partial charge is 0.373 e. The first kappa shape index (κ1) is 21.5. The topological polar surface area (TPSA) is 85.2 Å². The summed E-state index contributed by atoms with van der Waals surface area (Å²) in [7, 11) is 0. The van der Waals surface area contributed by atoms with E-state index in [2.05, 4.69) is 33.6 Å². The summed E-state index contributed by atoms with van der Waals surface area (Å²) in [4.78, 5) is 29.7. The van der Waals surface area contributed by atoms with E-state index in [0.29, 0.717) is 16.2 Å². The number of aryl methyl sites for hydroxylation is 3. The van der Waals surface area contributed by atoms with Crippen LogP contribution < -0.4 is 5.32 Å². The molecule has 2 aliphatic heterocycles. The van der Waals surface area contributed by atoms with E-state index in [1.54, 1.807) is 0 Å². The van der Waals surface area contributed by atoms with E-state index in [0.717, 1.165) is 68.3 Å². The Bertz CT molecular complexity index is 1130. The van der Waals surface area contributed by atoms with Gasteiger partial charge in [-0.2, -0.15) is 0 Å². The normalized spacial score (nSPS) is 22.0. The van der Waals surface area contributed by atoms with Crippen LogP contribution in [0.2, 0.25) is 0 Å². The highest BCUT2D eigenvalue weighted by molar-refractivity contribution is 7.14. The third-order valence-corrected chi connectivity index (χ3v) is 6.90. The molecule has 1 fully saturated rings. The van der Waals surface area contributed by atoms with Crippen LogP contribution in [0.5, 0.6) is 0 Å². The Morgan fingerprint density at radius 2 is 2.00 bits per heavy atom. The zero-order chi connectivity index (χ0) is 22.2. The predicted molar refractivity (Wildman–Crippen MR) is 125 cm³/mol. The molecule has 32 heavy (non-hydrogen) atoms. The van der Waals surface area contributed by atoms with Gasteiger partial charge in [-0.25, -0.2) is 15.0 Å². The number of hydrogen-bond acceptors (Lipinski definition) is 7. The van der Waals surface area contributed by atoms with Crippen LogP contribution in [0.15, 0.2) is 11.4 Å². The summed E-state index contributed by atoms with van der Waals surface area (Å²) < 4.78 is 8.01. The fraction of sp³-hybridized carbons (Fsp3) is 0.565. The number of anilines is 1. The number of imidazole rings is 1. The number of hydrogen-bond donors (Lipinski definition) is 1. The minimum atomic E-state index is -0.178. The monoisotopic (exact) mass is 454 g/mol. The van der Waals surface area contributed by atoms with E-state index in [4.69, 9.17) is 14.7 Å². The van der Waals surface area contributed by atoms with Gasteiger partial charge in [0.1, 0.15) is 11.3 Å². The molecular weight excluding hydrogens is 424 g/mol. The molecule has 2 aliphatic rings. The van der Waals surface area contributed by atoms with Crippen molar-refractivity contribution in [3.8, 4) is 0 Å². The smallest absolute Gasteiger partial charge is 0.259 e. The van der Waals surface area contributed by atoms with Gasteiger partial charge in [0.05, 0.1) is 23.5 Å². The van der Waals surface area contributed by atoms with Crippen molar-refractivity contribution in [2.75, 3.05) is 18.4 Å². The van der Waals surface area contributed by atoms with Crippen molar-refractivity contribution in [3.05, 3.63) is 34.2 Å². The SMILES string of the molecule is Cc1cc(C(=O)Nc2nc(CN3CC(C)OC(C)C3)cs2)c2nc3n(c2n1)CCCCC3. The average molecular weight is 455 g/mol. The van der Waals surface area contributed by atoms with Gasteiger partial charge in [-0.1, -0.05) is 6.42 Å². The van der Waals surface area contributed by atoms with Gasteiger partial charge in [0.25, 0.3) is 5.91 Å². The first-order chi connectivity index (χ1) is 15.5. The molecule has 3 aromatic rings. The number of amides is 1. The number of nitrogens with zero attached hydrogens (tertiary/aromatic N) is 5. The maximum atomic E-state index is 13.2. The van der Waals surface area contributed by atoms with Gasteiger partial charge in [0.15, 0.2) is 10.8 Å². The van der Waals surface area contributed by atoms with Crippen molar-refractivity contribution in [1.82, 2.24) is 24.4 Å². The molecule has 5 heterocycles. The van der Waals surface area contributed by atoms with Gasteiger partial charge in [0, 0.05) is 43.7 Å². The summed E-state index contributed by atoms with van der Waals surface area (Å²) in [6.45, 7) is 9.59. The highest BCUT2D eigenvalue weighted by Gasteiger charge is 2.24. The Morgan fingerprint density at radius 3 is 2.81 bits per heavy atom. The summed E-state index contributed by atoms with van der Waals surface area (Å²) in [6, 6.07) is 1.83. The Kier molecular flexibility index (Phi) is 5.96. The van der Waals surface area contributed by atoms with Gasteiger partial charge >= 0.3 is 0 Å². The van der Waals surface area contributed by atoms with Crippen LogP contribution in [0.4, 0.5) is 5.13 Å². The molecule has 0 saturated carbocycles. The number of thiazole rings is 1. The highest BCUT2D eigenvalue weighted by Crippen LogP contribution is 2.25. The lowest BCUT2D eigenvalue weighted by Crippen LogP contribution is -2.44. The summed E-state index contributed by atoms with van der Waals surface area (Å²) in [5, 5.41) is 5.63. The van der Waals surface area contributed by atoms with Gasteiger partial charge in [-0.3, -0.25) is 15.0 Å². The molecule has 2 unspecified atom stereocenters. The number of carbonyl (C=O) groups is 1. The molecule has 2 atom stereocenters. The maximum absolute atomic E-state index is 13.2. The third-order valence-electron chi connectivity index (χ3n) is 6.09. The summed E-state index contributed by atoms with van der Waals surface area (Å²) in [5.41, 5.74) is 3.88. The Morgan fingerprint density at radius 1 is 1.19 bits per heavy atom. The number of aromatic nitrogens is 4. The average Bonchev–Trinajstić information content (AvgIpc) is 3.22. The van der Waals surface area contributed by atoms with Crippen molar-refractivity contribution in [2.45, 2.75) is 71.8 Å². The van der Waals surface area contributed by atoms with E-state index < -0.39 is 0 Å². The van der Waals surface area contributed by atoms with Crippen LogP contribution in [-0.4, -0.2) is 55.6 Å². The number of morpholine rings is 1. The Labute approximate surface area is 192 Å². The van der Waals surface area contributed by atoms with E-state index in [9.17, 15) is 4.79 Å². The molecule has 0 spiro atoms. The summed E-state index contributed by atoms with van der Waals surface area (Å²) in [5.74, 6) is 0.860. The van der Waals surface area contributed by atoms with Crippen LogP contribution in [0.3, 0.4) is 0 Å². The molecule has 170 valence electrons. The van der Waals surface area contributed by atoms with Crippen molar-refractivity contribution < 1.29 is 9.53 Å². The second kappa shape index (κ2) is 8.88. The fourth-order valence-corrected chi connectivity index (χ4v) is 5.53. The quantitative estimate of drug-likeness (QED) is 0.646. The standard InChI is InChI=1S/C23H30N6O2S/c1-14-9-18(20-21(24-14)29-8-6-4-5-7-19(29)26-20)22(30)27-23-25-17(13-32-23)12-28-10-15(2)31-16(3)11-28/h9,13,15-16H,4-8,10-12H2,1-3H3,(H,25,27,30). The van der Waals surface area contributed by atoms with E-state index in [-0.39, 0.29) is 18.1 Å². The van der Waals surface area contributed by atoms with Crippen molar-refractivity contribution in [2.24, 2.45) is 0 Å². The predicted octanol–water partition coefficient (Wildman–Crippen LogP) is 3.78. The number of ether oxygens (including phenoxy) is 1. The number of carbonyl (C=O) groups excluding carboxylic acids is 1. The molecule has 5 rings (SSSR count). The molecule has 0 aromatic carbocycles.